The molecule has 0 bridgehead atoms. The molecule has 0 aliphatic heterocycles. The summed E-state index contributed by atoms with van der Waals surface area (Å²) in [5, 5.41) is 14.1. The molecule has 3 rings (SSSR count). The van der Waals surface area contributed by atoms with Crippen molar-refractivity contribution in [1.29, 1.82) is 0 Å². The van der Waals surface area contributed by atoms with Gasteiger partial charge in [-0.2, -0.15) is 4.31 Å². The number of nitro benzene ring substituents is 1. The number of rotatable bonds is 10. The van der Waals surface area contributed by atoms with Gasteiger partial charge >= 0.3 is 0 Å². The van der Waals surface area contributed by atoms with Crippen molar-refractivity contribution in [3.05, 3.63) is 88.0 Å². The van der Waals surface area contributed by atoms with Gasteiger partial charge in [-0.25, -0.2) is 8.42 Å². The molecule has 184 valence electrons. The van der Waals surface area contributed by atoms with Crippen molar-refractivity contribution in [1.82, 2.24) is 4.31 Å². The molecule has 1 amide bonds. The maximum Gasteiger partial charge on any atom is 0.286 e. The average Bonchev–Trinajstić information content (AvgIpc) is 2.84. The quantitative estimate of drug-likeness (QED) is 0.329. The van der Waals surface area contributed by atoms with Gasteiger partial charge in [0.25, 0.3) is 11.6 Å². The number of sulfonamides is 1. The molecule has 3 aromatic rings. The van der Waals surface area contributed by atoms with Gasteiger partial charge in [-0.1, -0.05) is 30.3 Å². The Kier molecular flexibility index (Phi) is 8.05. The van der Waals surface area contributed by atoms with E-state index < -0.39 is 26.5 Å². The van der Waals surface area contributed by atoms with Crippen LogP contribution in [0.1, 0.15) is 22.8 Å². The summed E-state index contributed by atoms with van der Waals surface area (Å²) in [7, 11) is -0.928. The standard InChI is InChI=1S/C24H25N3O7S/c1-4-34-23-15-21(27(29)30)20(14-22(23)33-3)24(28)25-18-10-12-19(13-11-18)35(31,32)26(2)16-17-8-6-5-7-9-17/h5-15H,4,16H2,1-3H3,(H,25,28). The summed E-state index contributed by atoms with van der Waals surface area (Å²) in [6.07, 6.45) is 0. The fourth-order valence-electron chi connectivity index (χ4n) is 3.32. The van der Waals surface area contributed by atoms with E-state index in [4.69, 9.17) is 9.47 Å². The van der Waals surface area contributed by atoms with Gasteiger partial charge in [-0.15, -0.1) is 0 Å². The second-order valence-electron chi connectivity index (χ2n) is 7.44. The number of nitrogens with zero attached hydrogens (tertiary/aromatic N) is 2. The molecular weight excluding hydrogens is 474 g/mol. The highest BCUT2D eigenvalue weighted by molar-refractivity contribution is 7.89. The molecule has 3 aromatic carbocycles. The highest BCUT2D eigenvalue weighted by Gasteiger charge is 2.25. The first-order chi connectivity index (χ1) is 16.7. The Morgan fingerprint density at radius 1 is 1.06 bits per heavy atom. The minimum atomic E-state index is -3.77. The van der Waals surface area contributed by atoms with Gasteiger partial charge < -0.3 is 14.8 Å². The Bertz CT molecular complexity index is 1310. The van der Waals surface area contributed by atoms with E-state index in [1.165, 1.54) is 48.8 Å². The van der Waals surface area contributed by atoms with Gasteiger partial charge in [0.2, 0.25) is 10.0 Å². The van der Waals surface area contributed by atoms with Crippen molar-refractivity contribution in [3.63, 3.8) is 0 Å². The molecule has 0 aliphatic carbocycles. The van der Waals surface area contributed by atoms with Crippen molar-refractivity contribution in [3.8, 4) is 11.5 Å². The number of carbonyl (C=O) groups is 1. The molecule has 35 heavy (non-hydrogen) atoms. The van der Waals surface area contributed by atoms with Crippen molar-refractivity contribution in [2.75, 3.05) is 26.1 Å². The second-order valence-corrected chi connectivity index (χ2v) is 9.48. The van der Waals surface area contributed by atoms with Crippen molar-refractivity contribution in [2.45, 2.75) is 18.4 Å². The summed E-state index contributed by atoms with van der Waals surface area (Å²) in [5.74, 6) is -0.437. The van der Waals surface area contributed by atoms with Crippen LogP contribution < -0.4 is 14.8 Å². The minimum absolute atomic E-state index is 0.0441. The van der Waals surface area contributed by atoms with E-state index >= 15 is 0 Å². The summed E-state index contributed by atoms with van der Waals surface area (Å²) in [6, 6.07) is 17.1. The van der Waals surface area contributed by atoms with Gasteiger partial charge in [0.05, 0.1) is 29.6 Å². The summed E-state index contributed by atoms with van der Waals surface area (Å²) < 4.78 is 37.6. The summed E-state index contributed by atoms with van der Waals surface area (Å²) in [4.78, 5) is 23.7. The predicted octanol–water partition coefficient (Wildman–Crippen LogP) is 4.08. The predicted molar refractivity (Wildman–Crippen MR) is 130 cm³/mol. The molecule has 0 atom stereocenters. The molecule has 0 aliphatic rings. The van der Waals surface area contributed by atoms with E-state index in [1.807, 2.05) is 30.3 Å². The molecule has 0 heterocycles. The molecule has 0 saturated heterocycles. The number of hydrogen-bond acceptors (Lipinski definition) is 7. The number of amides is 1. The van der Waals surface area contributed by atoms with E-state index in [0.29, 0.717) is 0 Å². The van der Waals surface area contributed by atoms with Gasteiger partial charge in [0.1, 0.15) is 5.56 Å². The molecule has 0 saturated carbocycles. The molecule has 10 nitrogen and oxygen atoms in total. The summed E-state index contributed by atoms with van der Waals surface area (Å²) >= 11 is 0. The van der Waals surface area contributed by atoms with E-state index in [-0.39, 0.29) is 40.8 Å². The van der Waals surface area contributed by atoms with Crippen molar-refractivity contribution < 1.29 is 27.6 Å². The van der Waals surface area contributed by atoms with E-state index in [9.17, 15) is 23.3 Å². The number of benzene rings is 3. The van der Waals surface area contributed by atoms with Crippen LogP contribution in [0.3, 0.4) is 0 Å². The van der Waals surface area contributed by atoms with Gasteiger partial charge in [0.15, 0.2) is 11.5 Å². The van der Waals surface area contributed by atoms with Crippen LogP contribution in [0.25, 0.3) is 0 Å². The van der Waals surface area contributed by atoms with E-state index in [1.54, 1.807) is 6.92 Å². The Morgan fingerprint density at radius 2 is 1.71 bits per heavy atom. The van der Waals surface area contributed by atoms with E-state index in [2.05, 4.69) is 5.32 Å². The average molecular weight is 500 g/mol. The number of anilines is 1. The lowest BCUT2D eigenvalue weighted by Crippen LogP contribution is -2.26. The molecule has 11 heteroatoms. The molecule has 0 spiro atoms. The first-order valence-corrected chi connectivity index (χ1v) is 12.0. The molecule has 1 N–H and O–H groups in total. The third-order valence-corrected chi connectivity index (χ3v) is 6.91. The summed E-state index contributed by atoms with van der Waals surface area (Å²) in [5.41, 5.74) is 0.430. The number of hydrogen-bond donors (Lipinski definition) is 1. The van der Waals surface area contributed by atoms with Gasteiger partial charge in [-0.3, -0.25) is 14.9 Å². The lowest BCUT2D eigenvalue weighted by atomic mass is 10.1. The first-order valence-electron chi connectivity index (χ1n) is 10.6. The smallest absolute Gasteiger partial charge is 0.286 e. The highest BCUT2D eigenvalue weighted by atomic mass is 32.2. The zero-order valence-electron chi connectivity index (χ0n) is 19.4. The molecular formula is C24H25N3O7S. The lowest BCUT2D eigenvalue weighted by molar-refractivity contribution is -0.385. The third kappa shape index (κ3) is 5.94. The largest absolute Gasteiger partial charge is 0.493 e. The Hall–Kier alpha value is -3.96. The molecule has 0 unspecified atom stereocenters. The first kappa shape index (κ1) is 25.7. The van der Waals surface area contributed by atoms with Crippen molar-refractivity contribution >= 4 is 27.3 Å². The molecule has 0 aromatic heterocycles. The molecule has 0 fully saturated rings. The monoisotopic (exact) mass is 499 g/mol. The SMILES string of the molecule is CCOc1cc([N+](=O)[O-])c(C(=O)Nc2ccc(S(=O)(=O)N(C)Cc3ccccc3)cc2)cc1OC. The van der Waals surface area contributed by atoms with Crippen LogP contribution in [-0.2, 0) is 16.6 Å². The zero-order chi connectivity index (χ0) is 25.6. The fraction of sp³-hybridized carbons (Fsp3) is 0.208. The van der Waals surface area contributed by atoms with Crippen LogP contribution in [0.4, 0.5) is 11.4 Å². The number of carbonyl (C=O) groups excluding carboxylic acids is 1. The third-order valence-electron chi connectivity index (χ3n) is 5.09. The van der Waals surface area contributed by atoms with Crippen LogP contribution in [0.15, 0.2) is 71.6 Å². The van der Waals surface area contributed by atoms with Crippen LogP contribution in [0.2, 0.25) is 0 Å². The number of methoxy groups -OCH3 is 1. The lowest BCUT2D eigenvalue weighted by Gasteiger charge is -2.17. The fourth-order valence-corrected chi connectivity index (χ4v) is 4.48. The van der Waals surface area contributed by atoms with Gasteiger partial charge in [0, 0.05) is 25.3 Å². The second kappa shape index (κ2) is 11.0. The van der Waals surface area contributed by atoms with Crippen LogP contribution in [0.5, 0.6) is 11.5 Å². The maximum absolute atomic E-state index is 12.9. The van der Waals surface area contributed by atoms with Crippen LogP contribution >= 0.6 is 0 Å². The van der Waals surface area contributed by atoms with Crippen molar-refractivity contribution in [2.24, 2.45) is 0 Å². The topological polar surface area (TPSA) is 128 Å². The minimum Gasteiger partial charge on any atom is -0.493 e. The van der Waals surface area contributed by atoms with Crippen LogP contribution in [-0.4, -0.2) is 44.3 Å². The number of nitro groups is 1. The summed E-state index contributed by atoms with van der Waals surface area (Å²) in [6.45, 7) is 2.18. The Balaban J connectivity index is 1.81. The maximum atomic E-state index is 12.9. The number of nitrogens with one attached hydrogen (secondary N) is 1. The Labute approximate surface area is 203 Å². The number of ether oxygens (including phenoxy) is 2. The zero-order valence-corrected chi connectivity index (χ0v) is 20.2. The van der Waals surface area contributed by atoms with Gasteiger partial charge in [-0.05, 0) is 36.8 Å². The Morgan fingerprint density at radius 3 is 2.29 bits per heavy atom. The normalized spacial score (nSPS) is 11.2. The highest BCUT2D eigenvalue weighted by Crippen LogP contribution is 2.35. The van der Waals surface area contributed by atoms with E-state index in [0.717, 1.165) is 11.6 Å². The molecule has 0 radical (unpaired) electrons. The van der Waals surface area contributed by atoms with Crippen LogP contribution in [0, 0.1) is 10.1 Å².